The number of hydrogen-bond donors (Lipinski definition) is 0. The van der Waals surface area contributed by atoms with Crippen LogP contribution in [0.15, 0.2) is 24.4 Å². The van der Waals surface area contributed by atoms with E-state index in [1.165, 1.54) is 6.08 Å². The van der Waals surface area contributed by atoms with Crippen molar-refractivity contribution >= 4 is 18.2 Å². The Labute approximate surface area is 90.4 Å². The highest BCUT2D eigenvalue weighted by molar-refractivity contribution is 5.73. The second-order valence-electron chi connectivity index (χ2n) is 3.12. The number of anilines is 1. The highest BCUT2D eigenvalue weighted by Gasteiger charge is 2.01. The third-order valence-electron chi connectivity index (χ3n) is 2.23. The van der Waals surface area contributed by atoms with Gasteiger partial charge in [0.1, 0.15) is 12.1 Å². The molecular formula is C12H16N2O. The predicted octanol–water partition coefficient (Wildman–Crippen LogP) is 2.14. The smallest absolute Gasteiger partial charge is 0.142 e. The lowest BCUT2D eigenvalue weighted by molar-refractivity contribution is -0.104. The summed E-state index contributed by atoms with van der Waals surface area (Å²) >= 11 is 0. The number of aromatic nitrogens is 1. The topological polar surface area (TPSA) is 33.2 Å². The van der Waals surface area contributed by atoms with Crippen molar-refractivity contribution in [1.29, 1.82) is 0 Å². The summed E-state index contributed by atoms with van der Waals surface area (Å²) in [4.78, 5) is 16.6. The van der Waals surface area contributed by atoms with E-state index in [2.05, 4.69) is 23.7 Å². The molecule has 0 unspecified atom stereocenters. The monoisotopic (exact) mass is 204 g/mol. The number of pyridine rings is 1. The Bertz CT molecular complexity index is 326. The lowest BCUT2D eigenvalue weighted by atomic mass is 10.2. The maximum absolute atomic E-state index is 10.1. The molecule has 15 heavy (non-hydrogen) atoms. The lowest BCUT2D eigenvalue weighted by Crippen LogP contribution is -2.22. The third-order valence-corrected chi connectivity index (χ3v) is 2.23. The van der Waals surface area contributed by atoms with Crippen molar-refractivity contribution in [3.8, 4) is 0 Å². The molecule has 0 amide bonds. The Hall–Kier alpha value is -1.64. The van der Waals surface area contributed by atoms with E-state index in [1.54, 1.807) is 12.3 Å². The van der Waals surface area contributed by atoms with Crippen molar-refractivity contribution in [3.05, 3.63) is 30.0 Å². The minimum Gasteiger partial charge on any atom is -0.357 e. The minimum atomic E-state index is 0.762. The Kier molecular flexibility index (Phi) is 4.54. The van der Waals surface area contributed by atoms with Crippen LogP contribution in [0.25, 0.3) is 6.08 Å². The van der Waals surface area contributed by atoms with Crippen LogP contribution in [-0.4, -0.2) is 24.4 Å². The summed E-state index contributed by atoms with van der Waals surface area (Å²) in [6.45, 7) is 6.11. The Morgan fingerprint density at radius 3 is 2.53 bits per heavy atom. The van der Waals surface area contributed by atoms with Gasteiger partial charge in [-0.1, -0.05) is 6.08 Å². The second kappa shape index (κ2) is 5.96. The van der Waals surface area contributed by atoms with Gasteiger partial charge in [0.2, 0.25) is 0 Å². The van der Waals surface area contributed by atoms with E-state index < -0.39 is 0 Å². The minimum absolute atomic E-state index is 0.762. The molecule has 3 nitrogen and oxygen atoms in total. The molecule has 0 spiro atoms. The third kappa shape index (κ3) is 3.20. The summed E-state index contributed by atoms with van der Waals surface area (Å²) in [7, 11) is 0. The van der Waals surface area contributed by atoms with Gasteiger partial charge in [0, 0.05) is 19.3 Å². The number of aldehydes is 1. The molecule has 1 aromatic heterocycles. The van der Waals surface area contributed by atoms with E-state index in [0.29, 0.717) is 0 Å². The number of carbonyl (C=O) groups excluding carboxylic acids is 1. The molecule has 0 aliphatic carbocycles. The average molecular weight is 204 g/mol. The summed E-state index contributed by atoms with van der Waals surface area (Å²) in [6, 6.07) is 3.93. The first-order valence-electron chi connectivity index (χ1n) is 5.14. The highest BCUT2D eigenvalue weighted by atomic mass is 16.1. The Balaban J connectivity index is 2.79. The van der Waals surface area contributed by atoms with Gasteiger partial charge in [-0.2, -0.15) is 0 Å². The van der Waals surface area contributed by atoms with Crippen LogP contribution in [0.1, 0.15) is 19.4 Å². The van der Waals surface area contributed by atoms with Gasteiger partial charge in [0.05, 0.1) is 0 Å². The van der Waals surface area contributed by atoms with E-state index in [9.17, 15) is 4.79 Å². The molecule has 0 saturated carbocycles. The molecule has 0 radical (unpaired) electrons. The van der Waals surface area contributed by atoms with Gasteiger partial charge in [-0.3, -0.25) is 4.79 Å². The normalized spacial score (nSPS) is 10.5. The van der Waals surface area contributed by atoms with Gasteiger partial charge >= 0.3 is 0 Å². The van der Waals surface area contributed by atoms with Crippen molar-refractivity contribution in [3.63, 3.8) is 0 Å². The van der Waals surface area contributed by atoms with Gasteiger partial charge in [-0.15, -0.1) is 0 Å². The van der Waals surface area contributed by atoms with Crippen molar-refractivity contribution in [1.82, 2.24) is 4.98 Å². The number of rotatable bonds is 5. The maximum Gasteiger partial charge on any atom is 0.142 e. The van der Waals surface area contributed by atoms with Crippen LogP contribution in [0.3, 0.4) is 0 Å². The molecular weight excluding hydrogens is 188 g/mol. The van der Waals surface area contributed by atoms with Gasteiger partial charge in [0.15, 0.2) is 0 Å². The van der Waals surface area contributed by atoms with Gasteiger partial charge in [0.25, 0.3) is 0 Å². The molecule has 0 bridgehead atoms. The quantitative estimate of drug-likeness (QED) is 0.544. The van der Waals surface area contributed by atoms with Crippen LogP contribution in [0, 0.1) is 0 Å². The first-order valence-corrected chi connectivity index (χ1v) is 5.14. The Morgan fingerprint density at radius 1 is 1.33 bits per heavy atom. The number of allylic oxidation sites excluding steroid dienone is 1. The van der Waals surface area contributed by atoms with Crippen LogP contribution in [-0.2, 0) is 4.79 Å². The molecule has 3 heteroatoms. The fourth-order valence-corrected chi connectivity index (χ4v) is 1.38. The first-order chi connectivity index (χ1) is 7.31. The van der Waals surface area contributed by atoms with Crippen molar-refractivity contribution < 1.29 is 4.79 Å². The summed E-state index contributed by atoms with van der Waals surface area (Å²) in [6.07, 6.45) is 5.74. The predicted molar refractivity (Wildman–Crippen MR) is 62.9 cm³/mol. The molecule has 1 rings (SSSR count). The zero-order valence-electron chi connectivity index (χ0n) is 9.18. The molecule has 0 aliphatic rings. The summed E-state index contributed by atoms with van der Waals surface area (Å²) in [5.74, 6) is 0.975. The van der Waals surface area contributed by atoms with Gasteiger partial charge in [-0.05, 0) is 37.6 Å². The van der Waals surface area contributed by atoms with Crippen LogP contribution >= 0.6 is 0 Å². The van der Waals surface area contributed by atoms with Gasteiger partial charge in [-0.25, -0.2) is 4.98 Å². The molecule has 1 heterocycles. The van der Waals surface area contributed by atoms with Crippen molar-refractivity contribution in [2.75, 3.05) is 18.0 Å². The van der Waals surface area contributed by atoms with Crippen LogP contribution in [0.2, 0.25) is 0 Å². The first kappa shape index (κ1) is 11.4. The summed E-state index contributed by atoms with van der Waals surface area (Å²) < 4.78 is 0. The second-order valence-corrected chi connectivity index (χ2v) is 3.12. The molecule has 0 aliphatic heterocycles. The summed E-state index contributed by atoms with van der Waals surface area (Å²) in [5.41, 5.74) is 0.943. The molecule has 80 valence electrons. The fourth-order valence-electron chi connectivity index (χ4n) is 1.38. The van der Waals surface area contributed by atoms with Crippen LogP contribution in [0.5, 0.6) is 0 Å². The van der Waals surface area contributed by atoms with Crippen LogP contribution in [0.4, 0.5) is 5.82 Å². The Morgan fingerprint density at radius 2 is 2.07 bits per heavy atom. The van der Waals surface area contributed by atoms with E-state index in [0.717, 1.165) is 30.8 Å². The van der Waals surface area contributed by atoms with E-state index in [-0.39, 0.29) is 0 Å². The van der Waals surface area contributed by atoms with Gasteiger partial charge < -0.3 is 4.90 Å². The average Bonchev–Trinajstić information content (AvgIpc) is 2.29. The largest absolute Gasteiger partial charge is 0.357 e. The number of nitrogens with zero attached hydrogens (tertiary/aromatic N) is 2. The standard InChI is InChI=1S/C12H16N2O/c1-3-14(4-2)12-8-7-11(10-13-12)6-5-9-15/h5-10H,3-4H2,1-2H3/b6-5+. The zero-order chi connectivity index (χ0) is 11.1. The lowest BCUT2D eigenvalue weighted by Gasteiger charge is -2.19. The molecule has 0 fully saturated rings. The van der Waals surface area contributed by atoms with E-state index in [4.69, 9.17) is 0 Å². The number of hydrogen-bond acceptors (Lipinski definition) is 3. The molecule has 0 saturated heterocycles. The van der Waals surface area contributed by atoms with Crippen LogP contribution < -0.4 is 4.90 Å². The SMILES string of the molecule is CCN(CC)c1ccc(/C=C/C=O)cn1. The van der Waals surface area contributed by atoms with E-state index in [1.807, 2.05) is 12.1 Å². The molecule has 0 N–H and O–H groups in total. The summed E-state index contributed by atoms with van der Waals surface area (Å²) in [5, 5.41) is 0. The van der Waals surface area contributed by atoms with E-state index >= 15 is 0 Å². The molecule has 1 aromatic rings. The molecule has 0 aromatic carbocycles. The molecule has 0 atom stereocenters. The number of carbonyl (C=O) groups is 1. The maximum atomic E-state index is 10.1. The zero-order valence-corrected chi connectivity index (χ0v) is 9.18. The van der Waals surface area contributed by atoms with Crippen molar-refractivity contribution in [2.45, 2.75) is 13.8 Å². The van der Waals surface area contributed by atoms with Crippen molar-refractivity contribution in [2.24, 2.45) is 0 Å². The highest BCUT2D eigenvalue weighted by Crippen LogP contribution is 2.11. The fraction of sp³-hybridized carbons (Fsp3) is 0.333.